The van der Waals surface area contributed by atoms with E-state index in [4.69, 9.17) is 9.84 Å². The molecular weight excluding hydrogens is 246 g/mol. The summed E-state index contributed by atoms with van der Waals surface area (Å²) in [5, 5.41) is 11.0. The number of carboxylic acids is 1. The van der Waals surface area contributed by atoms with Gasteiger partial charge in [0.25, 0.3) is 0 Å². The first-order valence-electron chi connectivity index (χ1n) is 5.45. The van der Waals surface area contributed by atoms with Crippen LogP contribution in [0.15, 0.2) is 0 Å². The molecule has 0 saturated carbocycles. The van der Waals surface area contributed by atoms with Crippen molar-refractivity contribution in [2.24, 2.45) is 0 Å². The van der Waals surface area contributed by atoms with Gasteiger partial charge in [-0.2, -0.15) is 0 Å². The number of carbonyl (C=O) groups is 2. The monoisotopic (exact) mass is 263 g/mol. The van der Waals surface area contributed by atoms with Gasteiger partial charge in [-0.05, 0) is 12.8 Å². The zero-order valence-corrected chi connectivity index (χ0v) is 10.5. The SMILES string of the molecule is CC(=O)N[C@@H](CS(=O)C1CCCOC1)C(=O)O. The van der Waals surface area contributed by atoms with Crippen LogP contribution < -0.4 is 5.32 Å². The molecule has 0 aliphatic carbocycles. The highest BCUT2D eigenvalue weighted by Crippen LogP contribution is 2.13. The van der Waals surface area contributed by atoms with Crippen molar-refractivity contribution in [3.05, 3.63) is 0 Å². The molecule has 0 radical (unpaired) electrons. The molecule has 1 aliphatic rings. The number of ether oxygens (including phenoxy) is 1. The molecule has 7 heteroatoms. The predicted molar refractivity (Wildman–Crippen MR) is 62.1 cm³/mol. The van der Waals surface area contributed by atoms with Crippen molar-refractivity contribution in [3.8, 4) is 0 Å². The molecule has 1 aliphatic heterocycles. The Kier molecular flexibility index (Phi) is 5.57. The molecule has 98 valence electrons. The maximum absolute atomic E-state index is 11.9. The van der Waals surface area contributed by atoms with Crippen LogP contribution in [-0.2, 0) is 25.1 Å². The Bertz CT molecular complexity index is 314. The zero-order valence-electron chi connectivity index (χ0n) is 9.68. The standard InChI is InChI=1S/C10H17NO5S/c1-7(12)11-9(10(13)14)6-17(15)8-3-2-4-16-5-8/h8-9H,2-6H2,1H3,(H,11,12)(H,13,14)/t8?,9-,17?/m0/s1. The lowest BCUT2D eigenvalue weighted by Crippen LogP contribution is -2.45. The first-order chi connectivity index (χ1) is 8.00. The fraction of sp³-hybridized carbons (Fsp3) is 0.800. The van der Waals surface area contributed by atoms with Crippen LogP contribution >= 0.6 is 0 Å². The van der Waals surface area contributed by atoms with Crippen molar-refractivity contribution in [1.82, 2.24) is 5.32 Å². The number of nitrogens with one attached hydrogen (secondary N) is 1. The Hall–Kier alpha value is -0.950. The van der Waals surface area contributed by atoms with E-state index in [1.165, 1.54) is 6.92 Å². The van der Waals surface area contributed by atoms with Gasteiger partial charge in [0.2, 0.25) is 5.91 Å². The van der Waals surface area contributed by atoms with E-state index in [1.54, 1.807) is 0 Å². The van der Waals surface area contributed by atoms with Crippen molar-refractivity contribution in [2.45, 2.75) is 31.1 Å². The van der Waals surface area contributed by atoms with Crippen LogP contribution in [0.2, 0.25) is 0 Å². The number of amides is 1. The summed E-state index contributed by atoms with van der Waals surface area (Å²) in [6.45, 7) is 2.31. The Balaban J connectivity index is 2.50. The lowest BCUT2D eigenvalue weighted by Gasteiger charge is -2.23. The van der Waals surface area contributed by atoms with E-state index in [9.17, 15) is 13.8 Å². The van der Waals surface area contributed by atoms with E-state index in [2.05, 4.69) is 5.32 Å². The van der Waals surface area contributed by atoms with Gasteiger partial charge in [-0.25, -0.2) is 4.79 Å². The molecule has 0 aromatic rings. The molecule has 0 bridgehead atoms. The van der Waals surface area contributed by atoms with Crippen molar-refractivity contribution < 1.29 is 23.6 Å². The minimum absolute atomic E-state index is 0.0665. The molecule has 3 atom stereocenters. The molecule has 1 amide bonds. The summed E-state index contributed by atoms with van der Waals surface area (Å²) in [5.74, 6) is -1.66. The van der Waals surface area contributed by atoms with Gasteiger partial charge in [0.1, 0.15) is 6.04 Å². The van der Waals surface area contributed by atoms with Crippen molar-refractivity contribution in [3.63, 3.8) is 0 Å². The van der Waals surface area contributed by atoms with Crippen molar-refractivity contribution >= 4 is 22.7 Å². The molecule has 1 saturated heterocycles. The van der Waals surface area contributed by atoms with Gasteiger partial charge < -0.3 is 15.2 Å². The molecule has 0 aromatic carbocycles. The Morgan fingerprint density at radius 3 is 2.76 bits per heavy atom. The molecule has 0 aromatic heterocycles. The van der Waals surface area contributed by atoms with Gasteiger partial charge in [-0.1, -0.05) is 0 Å². The average molecular weight is 263 g/mol. The van der Waals surface area contributed by atoms with Crippen LogP contribution in [0.4, 0.5) is 0 Å². The van der Waals surface area contributed by atoms with Crippen LogP contribution in [0.25, 0.3) is 0 Å². The third-order valence-electron chi connectivity index (χ3n) is 2.50. The highest BCUT2D eigenvalue weighted by Gasteiger charge is 2.27. The van der Waals surface area contributed by atoms with E-state index >= 15 is 0 Å². The van der Waals surface area contributed by atoms with Crippen LogP contribution in [-0.4, -0.2) is 51.5 Å². The zero-order chi connectivity index (χ0) is 12.8. The van der Waals surface area contributed by atoms with Crippen LogP contribution in [0.5, 0.6) is 0 Å². The molecular formula is C10H17NO5S. The van der Waals surface area contributed by atoms with Gasteiger partial charge in [-0.3, -0.25) is 9.00 Å². The number of carboxylic acid groups (broad SMARTS) is 1. The van der Waals surface area contributed by atoms with Crippen molar-refractivity contribution in [1.29, 1.82) is 0 Å². The lowest BCUT2D eigenvalue weighted by molar-refractivity contribution is -0.140. The number of hydrogen-bond donors (Lipinski definition) is 2. The second-order valence-corrected chi connectivity index (χ2v) is 5.74. The molecule has 1 fully saturated rings. The smallest absolute Gasteiger partial charge is 0.327 e. The third-order valence-corrected chi connectivity index (χ3v) is 4.27. The highest BCUT2D eigenvalue weighted by molar-refractivity contribution is 7.85. The van der Waals surface area contributed by atoms with Crippen LogP contribution in [0, 0.1) is 0 Å². The van der Waals surface area contributed by atoms with Gasteiger partial charge in [0.05, 0.1) is 17.6 Å². The Labute approximate surface area is 102 Å². The van der Waals surface area contributed by atoms with E-state index in [-0.39, 0.29) is 11.0 Å². The minimum Gasteiger partial charge on any atom is -0.480 e. The van der Waals surface area contributed by atoms with E-state index < -0.39 is 28.7 Å². The second-order valence-electron chi connectivity index (χ2n) is 3.98. The maximum atomic E-state index is 11.9. The second kappa shape index (κ2) is 6.70. The van der Waals surface area contributed by atoms with Gasteiger partial charge in [0, 0.05) is 24.3 Å². The summed E-state index contributed by atoms with van der Waals surface area (Å²) in [6.07, 6.45) is 1.62. The first kappa shape index (κ1) is 14.1. The number of rotatable bonds is 5. The minimum atomic E-state index is -1.29. The Morgan fingerprint density at radius 2 is 2.29 bits per heavy atom. The summed E-state index contributed by atoms with van der Waals surface area (Å²) < 4.78 is 17.1. The van der Waals surface area contributed by atoms with Gasteiger partial charge in [-0.15, -0.1) is 0 Å². The highest BCUT2D eigenvalue weighted by atomic mass is 32.2. The largest absolute Gasteiger partial charge is 0.480 e. The van der Waals surface area contributed by atoms with Gasteiger partial charge in [0.15, 0.2) is 0 Å². The first-order valence-corrected chi connectivity index (χ1v) is 6.83. The summed E-state index contributed by atoms with van der Waals surface area (Å²) in [7, 11) is -1.29. The normalized spacial score (nSPS) is 23.7. The molecule has 1 heterocycles. The van der Waals surface area contributed by atoms with E-state index in [1.807, 2.05) is 0 Å². The molecule has 1 rings (SSSR count). The van der Waals surface area contributed by atoms with E-state index in [0.717, 1.165) is 12.8 Å². The lowest BCUT2D eigenvalue weighted by atomic mass is 10.2. The molecule has 6 nitrogen and oxygen atoms in total. The molecule has 17 heavy (non-hydrogen) atoms. The van der Waals surface area contributed by atoms with Crippen molar-refractivity contribution in [2.75, 3.05) is 19.0 Å². The third kappa shape index (κ3) is 4.82. The fourth-order valence-corrected chi connectivity index (χ4v) is 3.14. The molecule has 2 unspecified atom stereocenters. The maximum Gasteiger partial charge on any atom is 0.327 e. The number of hydrogen-bond acceptors (Lipinski definition) is 4. The number of aliphatic carboxylic acids is 1. The topological polar surface area (TPSA) is 92.7 Å². The number of carbonyl (C=O) groups excluding carboxylic acids is 1. The van der Waals surface area contributed by atoms with E-state index in [0.29, 0.717) is 13.2 Å². The predicted octanol–water partition coefficient (Wildman–Crippen LogP) is -0.497. The molecule has 2 N–H and O–H groups in total. The van der Waals surface area contributed by atoms with Crippen LogP contribution in [0.3, 0.4) is 0 Å². The van der Waals surface area contributed by atoms with Crippen LogP contribution in [0.1, 0.15) is 19.8 Å². The summed E-state index contributed by atoms with van der Waals surface area (Å²) in [5.41, 5.74) is 0. The quantitative estimate of drug-likeness (QED) is 0.698. The Morgan fingerprint density at radius 1 is 1.59 bits per heavy atom. The summed E-state index contributed by atoms with van der Waals surface area (Å²) >= 11 is 0. The summed E-state index contributed by atoms with van der Waals surface area (Å²) in [4.78, 5) is 21.7. The fourth-order valence-electron chi connectivity index (χ4n) is 1.64. The molecule has 0 spiro atoms. The van der Waals surface area contributed by atoms with Gasteiger partial charge >= 0.3 is 5.97 Å². The average Bonchev–Trinajstić information content (AvgIpc) is 2.28. The summed E-state index contributed by atoms with van der Waals surface area (Å²) in [6, 6.07) is -1.09.